The molecule has 0 aliphatic rings. The Morgan fingerprint density at radius 3 is 2.84 bits per heavy atom. The summed E-state index contributed by atoms with van der Waals surface area (Å²) in [5.41, 5.74) is 1.67. The van der Waals surface area contributed by atoms with Crippen LogP contribution in [0.2, 0.25) is 0 Å². The Hall–Kier alpha value is -1.68. The van der Waals surface area contributed by atoms with Crippen LogP contribution in [0.1, 0.15) is 30.4 Å². The molecule has 2 rings (SSSR count). The van der Waals surface area contributed by atoms with Gasteiger partial charge in [0.05, 0.1) is 5.69 Å². The number of hydrogen-bond acceptors (Lipinski definition) is 3. The molecule has 19 heavy (non-hydrogen) atoms. The van der Waals surface area contributed by atoms with Crippen LogP contribution in [0.3, 0.4) is 0 Å². The van der Waals surface area contributed by atoms with Crippen LogP contribution in [0.4, 0.5) is 4.39 Å². The molecule has 0 spiro atoms. The summed E-state index contributed by atoms with van der Waals surface area (Å²) in [6.07, 6.45) is 1.62. The molecule has 0 aliphatic carbocycles. The molecule has 0 saturated carbocycles. The van der Waals surface area contributed by atoms with Crippen molar-refractivity contribution in [3.8, 4) is 0 Å². The Labute approximate surface area is 112 Å². The minimum absolute atomic E-state index is 0.123. The van der Waals surface area contributed by atoms with Crippen molar-refractivity contribution in [2.24, 2.45) is 0 Å². The Kier molecular flexibility index (Phi) is 4.68. The van der Waals surface area contributed by atoms with E-state index < -0.39 is 0 Å². The number of nitrogens with one attached hydrogen (secondary N) is 1. The van der Waals surface area contributed by atoms with E-state index in [1.54, 1.807) is 6.07 Å². The van der Waals surface area contributed by atoms with Gasteiger partial charge in [0.1, 0.15) is 11.6 Å². The summed E-state index contributed by atoms with van der Waals surface area (Å²) in [5.74, 6) is 0.692. The highest BCUT2D eigenvalue weighted by Crippen LogP contribution is 2.10. The van der Waals surface area contributed by atoms with Crippen LogP contribution in [0.15, 0.2) is 34.9 Å². The van der Waals surface area contributed by atoms with Gasteiger partial charge >= 0.3 is 0 Å². The number of rotatable bonds is 6. The Balaban J connectivity index is 1.76. The first kappa shape index (κ1) is 13.7. The Bertz CT molecular complexity index is 524. The maximum atomic E-state index is 13.5. The van der Waals surface area contributed by atoms with Gasteiger partial charge < -0.3 is 9.84 Å². The molecular weight excluding hydrogens is 243 g/mol. The molecule has 0 amide bonds. The van der Waals surface area contributed by atoms with E-state index in [4.69, 9.17) is 4.52 Å². The van der Waals surface area contributed by atoms with Gasteiger partial charge in [-0.1, -0.05) is 23.4 Å². The zero-order valence-electron chi connectivity index (χ0n) is 11.3. The lowest BCUT2D eigenvalue weighted by atomic mass is 10.1. The van der Waals surface area contributed by atoms with E-state index in [0.29, 0.717) is 12.6 Å². The van der Waals surface area contributed by atoms with Gasteiger partial charge in [-0.2, -0.15) is 0 Å². The van der Waals surface area contributed by atoms with Gasteiger partial charge in [-0.25, -0.2) is 4.39 Å². The van der Waals surface area contributed by atoms with Gasteiger partial charge in [0.2, 0.25) is 0 Å². The van der Waals surface area contributed by atoms with Crippen molar-refractivity contribution < 1.29 is 8.91 Å². The number of aryl methyl sites for hydroxylation is 2. The van der Waals surface area contributed by atoms with E-state index in [1.165, 1.54) is 6.07 Å². The Morgan fingerprint density at radius 2 is 2.16 bits per heavy atom. The average molecular weight is 262 g/mol. The average Bonchev–Trinajstić information content (AvgIpc) is 2.81. The molecule has 4 heteroatoms. The van der Waals surface area contributed by atoms with Crippen molar-refractivity contribution >= 4 is 0 Å². The van der Waals surface area contributed by atoms with E-state index in [-0.39, 0.29) is 5.82 Å². The molecule has 2 aromatic rings. The van der Waals surface area contributed by atoms with Crippen LogP contribution in [0.25, 0.3) is 0 Å². The summed E-state index contributed by atoms with van der Waals surface area (Å²) in [5, 5.41) is 7.28. The summed E-state index contributed by atoms with van der Waals surface area (Å²) in [7, 11) is 0. The summed E-state index contributed by atoms with van der Waals surface area (Å²) >= 11 is 0. The largest absolute Gasteiger partial charge is 0.361 e. The fraction of sp³-hybridized carbons (Fsp3) is 0.400. The fourth-order valence-electron chi connectivity index (χ4n) is 1.96. The molecule has 0 bridgehead atoms. The second kappa shape index (κ2) is 6.48. The molecule has 0 radical (unpaired) electrons. The van der Waals surface area contributed by atoms with Crippen LogP contribution >= 0.6 is 0 Å². The second-order valence-corrected chi connectivity index (χ2v) is 4.84. The van der Waals surface area contributed by atoms with Crippen molar-refractivity contribution in [2.45, 2.75) is 39.3 Å². The third kappa shape index (κ3) is 4.17. The molecule has 1 atom stereocenters. The molecule has 1 aromatic carbocycles. The molecule has 1 heterocycles. The van der Waals surface area contributed by atoms with E-state index in [1.807, 2.05) is 25.1 Å². The first-order valence-corrected chi connectivity index (χ1v) is 6.54. The maximum absolute atomic E-state index is 13.5. The first-order chi connectivity index (χ1) is 9.15. The quantitative estimate of drug-likeness (QED) is 0.868. The molecule has 1 aromatic heterocycles. The molecule has 0 saturated heterocycles. The third-order valence-corrected chi connectivity index (χ3v) is 3.11. The number of aromatic nitrogens is 1. The summed E-state index contributed by atoms with van der Waals surface area (Å²) in [6.45, 7) is 4.64. The van der Waals surface area contributed by atoms with Crippen molar-refractivity contribution in [3.63, 3.8) is 0 Å². The Morgan fingerprint density at radius 1 is 1.37 bits per heavy atom. The van der Waals surface area contributed by atoms with Crippen LogP contribution < -0.4 is 5.32 Å². The van der Waals surface area contributed by atoms with Gasteiger partial charge in [-0.3, -0.25) is 0 Å². The number of nitrogens with zero attached hydrogens (tertiary/aromatic N) is 1. The maximum Gasteiger partial charge on any atom is 0.133 e. The number of hydrogen-bond donors (Lipinski definition) is 1. The van der Waals surface area contributed by atoms with Crippen molar-refractivity contribution in [1.29, 1.82) is 0 Å². The third-order valence-electron chi connectivity index (χ3n) is 3.11. The lowest BCUT2D eigenvalue weighted by Crippen LogP contribution is -2.26. The normalized spacial score (nSPS) is 12.6. The topological polar surface area (TPSA) is 38.1 Å². The van der Waals surface area contributed by atoms with Gasteiger partial charge in [0, 0.05) is 18.7 Å². The lowest BCUT2D eigenvalue weighted by molar-refractivity contribution is 0.385. The van der Waals surface area contributed by atoms with E-state index in [0.717, 1.165) is 29.9 Å². The van der Waals surface area contributed by atoms with Crippen molar-refractivity contribution in [3.05, 3.63) is 53.2 Å². The van der Waals surface area contributed by atoms with E-state index in [2.05, 4.69) is 17.4 Å². The van der Waals surface area contributed by atoms with Crippen LogP contribution in [-0.2, 0) is 13.0 Å². The van der Waals surface area contributed by atoms with E-state index >= 15 is 0 Å². The lowest BCUT2D eigenvalue weighted by Gasteiger charge is -2.12. The predicted octanol–water partition coefficient (Wildman–Crippen LogP) is 3.23. The summed E-state index contributed by atoms with van der Waals surface area (Å²) < 4.78 is 18.5. The molecule has 0 fully saturated rings. The van der Waals surface area contributed by atoms with Gasteiger partial charge in [0.25, 0.3) is 0 Å². The summed E-state index contributed by atoms with van der Waals surface area (Å²) in [4.78, 5) is 0. The summed E-state index contributed by atoms with van der Waals surface area (Å²) in [6, 6.07) is 9.14. The SMILES string of the molecule is Cc1cc(CNC(C)CCc2ccccc2F)no1. The first-order valence-electron chi connectivity index (χ1n) is 6.54. The molecule has 1 unspecified atom stereocenters. The van der Waals surface area contributed by atoms with Gasteiger partial charge in [-0.05, 0) is 38.3 Å². The predicted molar refractivity (Wildman–Crippen MR) is 72.3 cm³/mol. The van der Waals surface area contributed by atoms with Gasteiger partial charge in [0.15, 0.2) is 0 Å². The van der Waals surface area contributed by atoms with Crippen molar-refractivity contribution in [1.82, 2.24) is 10.5 Å². The monoisotopic (exact) mass is 262 g/mol. The smallest absolute Gasteiger partial charge is 0.133 e. The molecular formula is C15H19FN2O. The highest BCUT2D eigenvalue weighted by atomic mass is 19.1. The minimum Gasteiger partial charge on any atom is -0.361 e. The molecule has 1 N–H and O–H groups in total. The van der Waals surface area contributed by atoms with Crippen LogP contribution in [0.5, 0.6) is 0 Å². The molecule has 3 nitrogen and oxygen atoms in total. The number of benzene rings is 1. The van der Waals surface area contributed by atoms with Crippen LogP contribution in [-0.4, -0.2) is 11.2 Å². The minimum atomic E-state index is -0.123. The highest BCUT2D eigenvalue weighted by molar-refractivity contribution is 5.17. The van der Waals surface area contributed by atoms with E-state index in [9.17, 15) is 4.39 Å². The zero-order chi connectivity index (χ0) is 13.7. The van der Waals surface area contributed by atoms with Crippen molar-refractivity contribution in [2.75, 3.05) is 0 Å². The standard InChI is InChI=1S/C15H19FN2O/c1-11(17-10-14-9-12(2)19-18-14)7-8-13-5-3-4-6-15(13)16/h3-6,9,11,17H,7-8,10H2,1-2H3. The number of halogens is 1. The highest BCUT2D eigenvalue weighted by Gasteiger charge is 2.07. The van der Waals surface area contributed by atoms with Crippen LogP contribution in [0, 0.1) is 12.7 Å². The fourth-order valence-corrected chi connectivity index (χ4v) is 1.96. The molecule has 102 valence electrons. The molecule has 0 aliphatic heterocycles. The zero-order valence-corrected chi connectivity index (χ0v) is 11.3. The van der Waals surface area contributed by atoms with Gasteiger partial charge in [-0.15, -0.1) is 0 Å². The second-order valence-electron chi connectivity index (χ2n) is 4.84.